The van der Waals surface area contributed by atoms with Crippen molar-refractivity contribution in [3.05, 3.63) is 35.9 Å². The van der Waals surface area contributed by atoms with Gasteiger partial charge in [-0.25, -0.2) is 0 Å². The van der Waals surface area contributed by atoms with Crippen molar-refractivity contribution in [3.63, 3.8) is 0 Å². The molecule has 0 amide bonds. The number of Topliss-reactive ketones (excluding diaryl/α,β-unsaturated/α-hetero) is 1. The molecule has 19 heavy (non-hydrogen) atoms. The molecule has 1 aromatic carbocycles. The molecule has 0 aliphatic rings. The van der Waals surface area contributed by atoms with E-state index in [2.05, 4.69) is 23.9 Å². The molecule has 0 aliphatic carbocycles. The first-order chi connectivity index (χ1) is 9.22. The third-order valence-corrected chi connectivity index (χ3v) is 3.79. The Balaban J connectivity index is 2.53. The van der Waals surface area contributed by atoms with Crippen molar-refractivity contribution in [2.45, 2.75) is 13.8 Å². The van der Waals surface area contributed by atoms with Crippen molar-refractivity contribution in [3.8, 4) is 0 Å². The number of benzene rings is 1. The molecule has 0 unspecified atom stereocenters. The maximum atomic E-state index is 12.1. The zero-order valence-corrected chi connectivity index (χ0v) is 12.2. The highest BCUT2D eigenvalue weighted by atomic mass is 32.2. The van der Waals surface area contributed by atoms with Crippen LogP contribution in [0.1, 0.15) is 24.2 Å². The van der Waals surface area contributed by atoms with Gasteiger partial charge in [-0.3, -0.25) is 4.79 Å². The van der Waals surface area contributed by atoms with Crippen LogP contribution in [-0.2, 0) is 0 Å². The Bertz CT molecular complexity index is 417. The fourth-order valence-corrected chi connectivity index (χ4v) is 2.51. The van der Waals surface area contributed by atoms with E-state index < -0.39 is 0 Å². The molecule has 0 heterocycles. The Morgan fingerprint density at radius 1 is 1.26 bits per heavy atom. The molecule has 104 valence electrons. The molecule has 0 radical (unpaired) electrons. The van der Waals surface area contributed by atoms with E-state index in [4.69, 9.17) is 5.21 Å². The van der Waals surface area contributed by atoms with Crippen molar-refractivity contribution >= 4 is 22.6 Å². The topological polar surface area (TPSA) is 52.9 Å². The molecule has 0 fully saturated rings. The zero-order chi connectivity index (χ0) is 14.1. The minimum Gasteiger partial charge on any atom is -0.410 e. The highest BCUT2D eigenvalue weighted by Crippen LogP contribution is 2.11. The summed E-state index contributed by atoms with van der Waals surface area (Å²) in [4.78, 5) is 14.3. The number of carbonyl (C=O) groups is 1. The van der Waals surface area contributed by atoms with Crippen molar-refractivity contribution in [1.29, 1.82) is 0 Å². The zero-order valence-electron chi connectivity index (χ0n) is 11.4. The molecular weight excluding hydrogens is 260 g/mol. The van der Waals surface area contributed by atoms with Crippen LogP contribution in [0, 0.1) is 0 Å². The first-order valence-electron chi connectivity index (χ1n) is 6.39. The molecule has 4 nitrogen and oxygen atoms in total. The number of hydrogen-bond donors (Lipinski definition) is 1. The standard InChI is InChI=1S/C14H20N2O2S/c1-3-16(4-2)10-11-19-14(15-18)13(17)12-8-6-5-7-9-12/h5-9,18H,3-4,10-11H2,1-2H3/b15-14-. The lowest BCUT2D eigenvalue weighted by Gasteiger charge is -2.17. The van der Waals surface area contributed by atoms with Gasteiger partial charge in [0.1, 0.15) is 0 Å². The quantitative estimate of drug-likeness (QED) is 0.274. The first-order valence-corrected chi connectivity index (χ1v) is 7.38. The van der Waals surface area contributed by atoms with E-state index in [1.807, 2.05) is 6.07 Å². The van der Waals surface area contributed by atoms with Gasteiger partial charge in [-0.1, -0.05) is 61.1 Å². The van der Waals surface area contributed by atoms with E-state index in [1.54, 1.807) is 24.3 Å². The normalized spacial score (nSPS) is 11.8. The van der Waals surface area contributed by atoms with Crippen molar-refractivity contribution in [2.24, 2.45) is 5.16 Å². The number of hydrogen-bond acceptors (Lipinski definition) is 5. The molecule has 0 aliphatic heterocycles. The van der Waals surface area contributed by atoms with Gasteiger partial charge in [0.05, 0.1) is 0 Å². The molecule has 0 aromatic heterocycles. The van der Waals surface area contributed by atoms with Crippen LogP contribution in [0.2, 0.25) is 0 Å². The van der Waals surface area contributed by atoms with E-state index in [1.165, 1.54) is 11.8 Å². The van der Waals surface area contributed by atoms with Crippen LogP contribution in [0.5, 0.6) is 0 Å². The molecule has 0 saturated carbocycles. The Kier molecular flexibility index (Phi) is 7.22. The van der Waals surface area contributed by atoms with E-state index in [0.717, 1.165) is 25.4 Å². The Morgan fingerprint density at radius 3 is 2.42 bits per heavy atom. The summed E-state index contributed by atoms with van der Waals surface area (Å²) in [5.74, 6) is 0.507. The second-order valence-electron chi connectivity index (χ2n) is 3.98. The number of ketones is 1. The van der Waals surface area contributed by atoms with E-state index in [0.29, 0.717) is 5.56 Å². The van der Waals surface area contributed by atoms with Crippen LogP contribution in [0.25, 0.3) is 0 Å². The van der Waals surface area contributed by atoms with E-state index >= 15 is 0 Å². The van der Waals surface area contributed by atoms with Crippen LogP contribution in [0.4, 0.5) is 0 Å². The highest BCUT2D eigenvalue weighted by Gasteiger charge is 2.15. The van der Waals surface area contributed by atoms with Crippen LogP contribution in [0.15, 0.2) is 35.5 Å². The summed E-state index contributed by atoms with van der Waals surface area (Å²) in [6.45, 7) is 7.04. The summed E-state index contributed by atoms with van der Waals surface area (Å²) < 4.78 is 0. The predicted octanol–water partition coefficient (Wildman–Crippen LogP) is 2.73. The summed E-state index contributed by atoms with van der Waals surface area (Å²) in [6.07, 6.45) is 0. The number of rotatable bonds is 7. The Morgan fingerprint density at radius 2 is 1.89 bits per heavy atom. The first kappa shape index (κ1) is 15.7. The van der Waals surface area contributed by atoms with Gasteiger partial charge < -0.3 is 10.1 Å². The Hall–Kier alpha value is -1.33. The van der Waals surface area contributed by atoms with Crippen LogP contribution in [0.3, 0.4) is 0 Å². The molecule has 0 atom stereocenters. The summed E-state index contributed by atoms with van der Waals surface area (Å²) in [5.41, 5.74) is 0.547. The third kappa shape index (κ3) is 5.04. The van der Waals surface area contributed by atoms with Crippen molar-refractivity contribution in [1.82, 2.24) is 4.90 Å². The van der Waals surface area contributed by atoms with Gasteiger partial charge in [-0.05, 0) is 13.1 Å². The molecule has 1 aromatic rings. The van der Waals surface area contributed by atoms with Crippen LogP contribution >= 0.6 is 11.8 Å². The lowest BCUT2D eigenvalue weighted by molar-refractivity contribution is 0.106. The molecule has 1 N–H and O–H groups in total. The monoisotopic (exact) mass is 280 g/mol. The van der Waals surface area contributed by atoms with E-state index in [9.17, 15) is 4.79 Å². The fraction of sp³-hybridized carbons (Fsp3) is 0.429. The summed E-state index contributed by atoms with van der Waals surface area (Å²) in [7, 11) is 0. The lowest BCUT2D eigenvalue weighted by atomic mass is 10.1. The van der Waals surface area contributed by atoms with Gasteiger partial charge in [-0.2, -0.15) is 0 Å². The predicted molar refractivity (Wildman–Crippen MR) is 80.2 cm³/mol. The van der Waals surface area contributed by atoms with Crippen LogP contribution in [-0.4, -0.2) is 46.3 Å². The van der Waals surface area contributed by atoms with Gasteiger partial charge in [-0.15, -0.1) is 0 Å². The van der Waals surface area contributed by atoms with Gasteiger partial charge in [0, 0.05) is 17.9 Å². The molecule has 5 heteroatoms. The number of thioether (sulfide) groups is 1. The fourth-order valence-electron chi connectivity index (χ4n) is 1.66. The van der Waals surface area contributed by atoms with Crippen molar-refractivity contribution < 1.29 is 10.0 Å². The number of nitrogens with zero attached hydrogens (tertiary/aromatic N) is 2. The molecule has 0 spiro atoms. The average Bonchev–Trinajstić information content (AvgIpc) is 2.48. The smallest absolute Gasteiger partial charge is 0.221 e. The van der Waals surface area contributed by atoms with Crippen molar-refractivity contribution in [2.75, 3.05) is 25.4 Å². The molecular formula is C14H20N2O2S. The summed E-state index contributed by atoms with van der Waals surface area (Å²) in [6, 6.07) is 8.88. The highest BCUT2D eigenvalue weighted by molar-refractivity contribution is 8.15. The van der Waals surface area contributed by atoms with Gasteiger partial charge in [0.2, 0.25) is 5.78 Å². The van der Waals surface area contributed by atoms with Gasteiger partial charge in [0.15, 0.2) is 5.04 Å². The second kappa shape index (κ2) is 8.72. The lowest BCUT2D eigenvalue weighted by Crippen LogP contribution is -2.26. The maximum Gasteiger partial charge on any atom is 0.221 e. The molecule has 0 saturated heterocycles. The SMILES string of the molecule is CCN(CC)CCS/C(=N\O)C(=O)c1ccccc1. The molecule has 0 bridgehead atoms. The number of oxime groups is 1. The third-order valence-electron chi connectivity index (χ3n) is 2.86. The Labute approximate surface area is 118 Å². The van der Waals surface area contributed by atoms with Crippen LogP contribution < -0.4 is 0 Å². The average molecular weight is 280 g/mol. The molecule has 1 rings (SSSR count). The second-order valence-corrected chi connectivity index (χ2v) is 5.06. The van der Waals surface area contributed by atoms with E-state index in [-0.39, 0.29) is 10.8 Å². The maximum absolute atomic E-state index is 12.1. The summed E-state index contributed by atoms with van der Waals surface area (Å²) >= 11 is 1.29. The minimum atomic E-state index is -0.229. The summed E-state index contributed by atoms with van der Waals surface area (Å²) in [5, 5.41) is 12.2. The minimum absolute atomic E-state index is 0.151. The largest absolute Gasteiger partial charge is 0.410 e. The number of carbonyl (C=O) groups excluding carboxylic acids is 1. The van der Waals surface area contributed by atoms with Gasteiger partial charge >= 0.3 is 0 Å². The van der Waals surface area contributed by atoms with Gasteiger partial charge in [0.25, 0.3) is 0 Å².